The predicted octanol–water partition coefficient (Wildman–Crippen LogP) is 1.76. The fourth-order valence-corrected chi connectivity index (χ4v) is 2.30. The van der Waals surface area contributed by atoms with Gasteiger partial charge in [-0.25, -0.2) is 4.98 Å². The van der Waals surface area contributed by atoms with Gasteiger partial charge in [-0.15, -0.1) is 0 Å². The molecule has 4 nitrogen and oxygen atoms in total. The lowest BCUT2D eigenvalue weighted by atomic mass is 9.95. The molecular formula is C13H18N2O2. The third kappa shape index (κ3) is 2.47. The summed E-state index contributed by atoms with van der Waals surface area (Å²) < 4.78 is 5.47. The zero-order valence-electron chi connectivity index (χ0n) is 10.3. The first-order valence-corrected chi connectivity index (χ1v) is 5.94. The molecule has 0 spiro atoms. The third-order valence-corrected chi connectivity index (χ3v) is 3.44. The first kappa shape index (κ1) is 12.0. The number of hydrogen-bond acceptors (Lipinski definition) is 4. The standard InChI is InChI=1S/C13H18N2O2/c1-10-5-7-15(8-12(10)17-2)13-11(9-16)4-3-6-14-13/h3-4,6,9-10,12H,5,7-8H2,1-2H3. The maximum atomic E-state index is 11.0. The van der Waals surface area contributed by atoms with Gasteiger partial charge in [-0.3, -0.25) is 4.79 Å². The Morgan fingerprint density at radius 3 is 3.12 bits per heavy atom. The second-order valence-corrected chi connectivity index (χ2v) is 4.52. The molecule has 0 amide bonds. The summed E-state index contributed by atoms with van der Waals surface area (Å²) in [5, 5.41) is 0. The van der Waals surface area contributed by atoms with Crippen molar-refractivity contribution in [1.82, 2.24) is 4.98 Å². The number of anilines is 1. The molecule has 17 heavy (non-hydrogen) atoms. The maximum absolute atomic E-state index is 11.0. The average Bonchev–Trinajstić information content (AvgIpc) is 2.39. The number of piperidine rings is 1. The molecule has 1 saturated heterocycles. The molecule has 1 aromatic rings. The zero-order valence-corrected chi connectivity index (χ0v) is 10.3. The monoisotopic (exact) mass is 234 g/mol. The van der Waals surface area contributed by atoms with Gasteiger partial charge < -0.3 is 9.64 Å². The van der Waals surface area contributed by atoms with E-state index in [2.05, 4.69) is 16.8 Å². The molecule has 0 aliphatic carbocycles. The van der Waals surface area contributed by atoms with Gasteiger partial charge >= 0.3 is 0 Å². The highest BCUT2D eigenvalue weighted by Gasteiger charge is 2.27. The van der Waals surface area contributed by atoms with Crippen molar-refractivity contribution in [3.05, 3.63) is 23.9 Å². The van der Waals surface area contributed by atoms with Gasteiger partial charge in [0.15, 0.2) is 6.29 Å². The lowest BCUT2D eigenvalue weighted by molar-refractivity contribution is 0.0496. The molecular weight excluding hydrogens is 216 g/mol. The number of nitrogens with zero attached hydrogens (tertiary/aromatic N) is 2. The van der Waals surface area contributed by atoms with Gasteiger partial charge in [0.05, 0.1) is 11.7 Å². The lowest BCUT2D eigenvalue weighted by Crippen LogP contribution is -2.44. The Labute approximate surface area is 102 Å². The lowest BCUT2D eigenvalue weighted by Gasteiger charge is -2.37. The molecule has 92 valence electrons. The van der Waals surface area contributed by atoms with Gasteiger partial charge in [0.2, 0.25) is 0 Å². The number of rotatable bonds is 3. The van der Waals surface area contributed by atoms with Crippen LogP contribution in [0.2, 0.25) is 0 Å². The number of ether oxygens (including phenoxy) is 1. The van der Waals surface area contributed by atoms with Gasteiger partial charge in [-0.1, -0.05) is 6.92 Å². The van der Waals surface area contributed by atoms with E-state index in [-0.39, 0.29) is 6.10 Å². The fourth-order valence-electron chi connectivity index (χ4n) is 2.30. The van der Waals surface area contributed by atoms with Crippen molar-refractivity contribution in [2.45, 2.75) is 19.4 Å². The Kier molecular flexibility index (Phi) is 3.74. The molecule has 0 bridgehead atoms. The van der Waals surface area contributed by atoms with E-state index in [9.17, 15) is 4.79 Å². The molecule has 0 aromatic carbocycles. The van der Waals surface area contributed by atoms with Crippen LogP contribution in [-0.4, -0.2) is 37.6 Å². The maximum Gasteiger partial charge on any atom is 0.153 e. The van der Waals surface area contributed by atoms with E-state index < -0.39 is 0 Å². The molecule has 4 heteroatoms. The highest BCUT2D eigenvalue weighted by atomic mass is 16.5. The van der Waals surface area contributed by atoms with Crippen molar-refractivity contribution >= 4 is 12.1 Å². The van der Waals surface area contributed by atoms with Crippen LogP contribution in [0.4, 0.5) is 5.82 Å². The van der Waals surface area contributed by atoms with Crippen molar-refractivity contribution in [2.75, 3.05) is 25.1 Å². The van der Waals surface area contributed by atoms with Gasteiger partial charge in [0.1, 0.15) is 5.82 Å². The normalized spacial score (nSPS) is 24.7. The SMILES string of the molecule is COC1CN(c2ncccc2C=O)CCC1C. The van der Waals surface area contributed by atoms with Crippen molar-refractivity contribution in [3.63, 3.8) is 0 Å². The number of carbonyl (C=O) groups excluding carboxylic acids is 1. The number of hydrogen-bond donors (Lipinski definition) is 0. The van der Waals surface area contributed by atoms with E-state index in [0.717, 1.165) is 31.6 Å². The average molecular weight is 234 g/mol. The highest BCUT2D eigenvalue weighted by Crippen LogP contribution is 2.24. The highest BCUT2D eigenvalue weighted by molar-refractivity contribution is 5.82. The van der Waals surface area contributed by atoms with Gasteiger partial charge in [-0.2, -0.15) is 0 Å². The van der Waals surface area contributed by atoms with Crippen LogP contribution < -0.4 is 4.90 Å². The Balaban J connectivity index is 2.20. The predicted molar refractivity (Wildman–Crippen MR) is 66.4 cm³/mol. The molecule has 1 fully saturated rings. The van der Waals surface area contributed by atoms with E-state index in [1.165, 1.54) is 0 Å². The molecule has 0 radical (unpaired) electrons. The third-order valence-electron chi connectivity index (χ3n) is 3.44. The number of aromatic nitrogens is 1. The van der Waals surface area contributed by atoms with Crippen LogP contribution in [0.15, 0.2) is 18.3 Å². The van der Waals surface area contributed by atoms with Crippen LogP contribution in [0.3, 0.4) is 0 Å². The van der Waals surface area contributed by atoms with Crippen molar-refractivity contribution in [1.29, 1.82) is 0 Å². The Hall–Kier alpha value is -1.42. The second kappa shape index (κ2) is 5.27. The van der Waals surface area contributed by atoms with Crippen LogP contribution in [0.5, 0.6) is 0 Å². The van der Waals surface area contributed by atoms with Gasteiger partial charge in [0, 0.05) is 26.4 Å². The minimum Gasteiger partial charge on any atom is -0.379 e. The minimum atomic E-state index is 0.213. The molecule has 1 aromatic heterocycles. The Morgan fingerprint density at radius 2 is 2.41 bits per heavy atom. The fraction of sp³-hybridized carbons (Fsp3) is 0.538. The van der Waals surface area contributed by atoms with Crippen LogP contribution in [0, 0.1) is 5.92 Å². The summed E-state index contributed by atoms with van der Waals surface area (Å²) in [6, 6.07) is 3.59. The summed E-state index contributed by atoms with van der Waals surface area (Å²) >= 11 is 0. The largest absolute Gasteiger partial charge is 0.379 e. The first-order chi connectivity index (χ1) is 8.26. The van der Waals surface area contributed by atoms with Crippen LogP contribution >= 0.6 is 0 Å². The van der Waals surface area contributed by atoms with Crippen LogP contribution in [0.25, 0.3) is 0 Å². The molecule has 0 saturated carbocycles. The minimum absolute atomic E-state index is 0.213. The van der Waals surface area contributed by atoms with Crippen LogP contribution in [-0.2, 0) is 4.74 Å². The Morgan fingerprint density at radius 1 is 1.59 bits per heavy atom. The van der Waals surface area contributed by atoms with E-state index in [0.29, 0.717) is 11.5 Å². The smallest absolute Gasteiger partial charge is 0.153 e. The summed E-state index contributed by atoms with van der Waals surface area (Å²) in [7, 11) is 1.74. The second-order valence-electron chi connectivity index (χ2n) is 4.52. The number of carbonyl (C=O) groups is 1. The van der Waals surface area contributed by atoms with Crippen molar-refractivity contribution in [3.8, 4) is 0 Å². The van der Waals surface area contributed by atoms with Gasteiger partial charge in [-0.05, 0) is 24.5 Å². The number of pyridine rings is 1. The molecule has 1 aliphatic heterocycles. The topological polar surface area (TPSA) is 42.4 Å². The molecule has 2 rings (SSSR count). The van der Waals surface area contributed by atoms with Gasteiger partial charge in [0.25, 0.3) is 0 Å². The first-order valence-electron chi connectivity index (χ1n) is 5.94. The summed E-state index contributed by atoms with van der Waals surface area (Å²) in [6.45, 7) is 3.93. The van der Waals surface area contributed by atoms with E-state index in [4.69, 9.17) is 4.74 Å². The molecule has 0 N–H and O–H groups in total. The van der Waals surface area contributed by atoms with E-state index in [1.54, 1.807) is 25.4 Å². The Bertz CT molecular complexity index is 395. The molecule has 2 heterocycles. The van der Waals surface area contributed by atoms with E-state index >= 15 is 0 Å². The molecule has 2 atom stereocenters. The van der Waals surface area contributed by atoms with Crippen molar-refractivity contribution < 1.29 is 9.53 Å². The van der Waals surface area contributed by atoms with E-state index in [1.807, 2.05) is 0 Å². The zero-order chi connectivity index (χ0) is 12.3. The van der Waals surface area contributed by atoms with Crippen LogP contribution in [0.1, 0.15) is 23.7 Å². The molecule has 1 aliphatic rings. The molecule has 2 unspecified atom stereocenters. The van der Waals surface area contributed by atoms with Crippen molar-refractivity contribution in [2.24, 2.45) is 5.92 Å². The summed E-state index contributed by atoms with van der Waals surface area (Å²) in [6.07, 6.45) is 3.86. The number of methoxy groups -OCH3 is 1. The summed E-state index contributed by atoms with van der Waals surface area (Å²) in [5.41, 5.74) is 0.650. The summed E-state index contributed by atoms with van der Waals surface area (Å²) in [5.74, 6) is 1.33. The summed E-state index contributed by atoms with van der Waals surface area (Å²) in [4.78, 5) is 17.4. The quantitative estimate of drug-likeness (QED) is 0.747. The number of aldehydes is 1.